The second-order valence-corrected chi connectivity index (χ2v) is 5.43. The molecule has 0 fully saturated rings. The average Bonchev–Trinajstić information content (AvgIpc) is 2.01. The van der Waals surface area contributed by atoms with Crippen LogP contribution in [0.15, 0.2) is 0 Å². The summed E-state index contributed by atoms with van der Waals surface area (Å²) < 4.78 is 22.7. The highest BCUT2D eigenvalue weighted by Crippen LogP contribution is 2.07. The number of rotatable bonds is 5. The molecule has 0 bridgehead atoms. The molecule has 0 radical (unpaired) electrons. The van der Waals surface area contributed by atoms with Crippen LogP contribution in [0.25, 0.3) is 0 Å². The van der Waals surface area contributed by atoms with Crippen LogP contribution in [-0.2, 0) is 9.84 Å². The fraction of sp³-hybridized carbons (Fsp3) is 0.875. The van der Waals surface area contributed by atoms with Crippen molar-refractivity contribution in [1.29, 1.82) is 5.26 Å². The van der Waals surface area contributed by atoms with Gasteiger partial charge in [-0.2, -0.15) is 5.26 Å². The van der Waals surface area contributed by atoms with Gasteiger partial charge in [0.15, 0.2) is 9.84 Å². The van der Waals surface area contributed by atoms with E-state index in [4.69, 9.17) is 5.26 Å². The summed E-state index contributed by atoms with van der Waals surface area (Å²) in [6.07, 6.45) is 1.67. The fourth-order valence-electron chi connectivity index (χ4n) is 0.802. The summed E-state index contributed by atoms with van der Waals surface area (Å²) in [6.45, 7) is 3.54. The van der Waals surface area contributed by atoms with E-state index in [9.17, 15) is 8.42 Å². The zero-order chi connectivity index (χ0) is 9.61. The van der Waals surface area contributed by atoms with Gasteiger partial charge in [0, 0.05) is 0 Å². The first kappa shape index (κ1) is 11.4. The molecule has 0 aliphatic heterocycles. The van der Waals surface area contributed by atoms with Crippen LogP contribution in [0.3, 0.4) is 0 Å². The zero-order valence-electron chi connectivity index (χ0n) is 7.58. The SMILES string of the molecule is CCCCS(=O)(=O)C(C)CC#N. The van der Waals surface area contributed by atoms with E-state index in [-0.39, 0.29) is 12.2 Å². The fourth-order valence-corrected chi connectivity index (χ4v) is 2.22. The number of unbranched alkanes of at least 4 members (excludes halogenated alkanes) is 1. The number of nitrogens with zero attached hydrogens (tertiary/aromatic N) is 1. The molecule has 12 heavy (non-hydrogen) atoms. The predicted molar refractivity (Wildman–Crippen MR) is 48.4 cm³/mol. The van der Waals surface area contributed by atoms with Crippen molar-refractivity contribution in [2.75, 3.05) is 5.75 Å². The lowest BCUT2D eigenvalue weighted by atomic mass is 10.4. The highest BCUT2D eigenvalue weighted by molar-refractivity contribution is 7.92. The first-order valence-electron chi connectivity index (χ1n) is 4.13. The van der Waals surface area contributed by atoms with Crippen LogP contribution < -0.4 is 0 Å². The van der Waals surface area contributed by atoms with Crippen molar-refractivity contribution in [3.63, 3.8) is 0 Å². The first-order chi connectivity index (χ1) is 5.54. The summed E-state index contributed by atoms with van der Waals surface area (Å²) in [5.41, 5.74) is 0. The van der Waals surface area contributed by atoms with Crippen LogP contribution in [0, 0.1) is 11.3 Å². The molecule has 0 N–H and O–H groups in total. The van der Waals surface area contributed by atoms with E-state index in [1.807, 2.05) is 13.0 Å². The molecule has 0 saturated carbocycles. The van der Waals surface area contributed by atoms with Crippen molar-refractivity contribution in [3.05, 3.63) is 0 Å². The summed E-state index contributed by atoms with van der Waals surface area (Å²) in [5, 5.41) is 7.81. The van der Waals surface area contributed by atoms with Gasteiger partial charge in [0.2, 0.25) is 0 Å². The Bertz CT molecular complexity index is 251. The Labute approximate surface area is 74.3 Å². The van der Waals surface area contributed by atoms with Gasteiger partial charge in [0.1, 0.15) is 0 Å². The summed E-state index contributed by atoms with van der Waals surface area (Å²) >= 11 is 0. The molecular weight excluding hydrogens is 174 g/mol. The van der Waals surface area contributed by atoms with Crippen LogP contribution in [0.2, 0.25) is 0 Å². The average molecular weight is 189 g/mol. The van der Waals surface area contributed by atoms with Gasteiger partial charge in [-0.3, -0.25) is 0 Å². The largest absolute Gasteiger partial charge is 0.229 e. The monoisotopic (exact) mass is 189 g/mol. The van der Waals surface area contributed by atoms with Crippen LogP contribution in [-0.4, -0.2) is 19.4 Å². The van der Waals surface area contributed by atoms with E-state index >= 15 is 0 Å². The third-order valence-corrected chi connectivity index (χ3v) is 4.02. The highest BCUT2D eigenvalue weighted by atomic mass is 32.2. The molecule has 0 amide bonds. The minimum atomic E-state index is -3.01. The van der Waals surface area contributed by atoms with E-state index < -0.39 is 15.1 Å². The normalized spacial score (nSPS) is 13.8. The Morgan fingerprint density at radius 2 is 2.08 bits per heavy atom. The lowest BCUT2D eigenvalue weighted by molar-refractivity contribution is 0.580. The molecule has 4 heteroatoms. The maximum atomic E-state index is 11.3. The Hall–Kier alpha value is -0.560. The van der Waals surface area contributed by atoms with Crippen LogP contribution in [0.5, 0.6) is 0 Å². The van der Waals surface area contributed by atoms with Crippen molar-refractivity contribution < 1.29 is 8.42 Å². The van der Waals surface area contributed by atoms with E-state index in [0.29, 0.717) is 6.42 Å². The molecule has 0 saturated heterocycles. The van der Waals surface area contributed by atoms with Gasteiger partial charge in [0.25, 0.3) is 0 Å². The molecule has 1 atom stereocenters. The molecule has 0 spiro atoms. The zero-order valence-corrected chi connectivity index (χ0v) is 8.39. The van der Waals surface area contributed by atoms with Crippen molar-refractivity contribution in [2.45, 2.75) is 38.4 Å². The van der Waals surface area contributed by atoms with Gasteiger partial charge in [-0.25, -0.2) is 8.42 Å². The lowest BCUT2D eigenvalue weighted by Gasteiger charge is -2.07. The Morgan fingerprint density at radius 1 is 1.50 bits per heavy atom. The highest BCUT2D eigenvalue weighted by Gasteiger charge is 2.19. The van der Waals surface area contributed by atoms with Crippen molar-refractivity contribution in [2.24, 2.45) is 0 Å². The predicted octanol–water partition coefficient (Wildman–Crippen LogP) is 1.50. The summed E-state index contributed by atoms with van der Waals surface area (Å²) in [6, 6.07) is 1.87. The van der Waals surface area contributed by atoms with Gasteiger partial charge in [-0.15, -0.1) is 0 Å². The van der Waals surface area contributed by atoms with Crippen molar-refractivity contribution in [1.82, 2.24) is 0 Å². The van der Waals surface area contributed by atoms with Gasteiger partial charge in [-0.1, -0.05) is 13.3 Å². The second kappa shape index (κ2) is 5.15. The molecule has 0 rings (SSSR count). The quantitative estimate of drug-likeness (QED) is 0.658. The molecule has 70 valence electrons. The smallest absolute Gasteiger partial charge is 0.153 e. The Balaban J connectivity index is 4.12. The lowest BCUT2D eigenvalue weighted by Crippen LogP contribution is -2.20. The van der Waals surface area contributed by atoms with E-state index in [2.05, 4.69) is 0 Å². The first-order valence-corrected chi connectivity index (χ1v) is 5.84. The van der Waals surface area contributed by atoms with Crippen molar-refractivity contribution in [3.8, 4) is 6.07 Å². The third kappa shape index (κ3) is 3.72. The minimum Gasteiger partial charge on any atom is -0.229 e. The Kier molecular flexibility index (Phi) is 4.91. The summed E-state index contributed by atoms with van der Waals surface area (Å²) in [5.74, 6) is 0.215. The molecule has 0 aromatic carbocycles. The summed E-state index contributed by atoms with van der Waals surface area (Å²) in [4.78, 5) is 0. The van der Waals surface area contributed by atoms with E-state index in [0.717, 1.165) is 6.42 Å². The number of sulfone groups is 1. The maximum Gasteiger partial charge on any atom is 0.153 e. The van der Waals surface area contributed by atoms with E-state index in [1.165, 1.54) is 0 Å². The maximum absolute atomic E-state index is 11.3. The van der Waals surface area contributed by atoms with Gasteiger partial charge in [0.05, 0.1) is 23.5 Å². The van der Waals surface area contributed by atoms with E-state index in [1.54, 1.807) is 6.92 Å². The molecule has 3 nitrogen and oxygen atoms in total. The van der Waals surface area contributed by atoms with Crippen molar-refractivity contribution >= 4 is 9.84 Å². The standard InChI is InChI=1S/C8H15NO2S/c1-3-4-7-12(10,11)8(2)5-6-9/h8H,3-5,7H2,1-2H3. The topological polar surface area (TPSA) is 57.9 Å². The number of nitriles is 1. The molecule has 0 aliphatic carbocycles. The number of hydrogen-bond acceptors (Lipinski definition) is 3. The van der Waals surface area contributed by atoms with Gasteiger partial charge in [-0.05, 0) is 13.3 Å². The summed E-state index contributed by atoms with van der Waals surface area (Å²) in [7, 11) is -3.01. The third-order valence-electron chi connectivity index (χ3n) is 1.77. The Morgan fingerprint density at radius 3 is 2.50 bits per heavy atom. The second-order valence-electron chi connectivity index (χ2n) is 2.89. The molecule has 0 aromatic heterocycles. The molecule has 1 unspecified atom stereocenters. The number of hydrogen-bond donors (Lipinski definition) is 0. The van der Waals surface area contributed by atoms with Crippen LogP contribution in [0.4, 0.5) is 0 Å². The molecule has 0 aliphatic rings. The minimum absolute atomic E-state index is 0.103. The van der Waals surface area contributed by atoms with Crippen LogP contribution >= 0.6 is 0 Å². The van der Waals surface area contributed by atoms with Gasteiger partial charge < -0.3 is 0 Å². The van der Waals surface area contributed by atoms with Gasteiger partial charge >= 0.3 is 0 Å². The molecule has 0 heterocycles. The molecule has 0 aromatic rings. The van der Waals surface area contributed by atoms with Crippen LogP contribution in [0.1, 0.15) is 33.1 Å². The molecular formula is C8H15NO2S.